The number of primary amides is 1. The maximum absolute atomic E-state index is 14.1. The smallest absolute Gasteiger partial charge is 0.250 e. The van der Waals surface area contributed by atoms with Crippen LogP contribution in [0.5, 0.6) is 11.6 Å². The molecule has 1 aromatic heterocycles. The molecule has 2 aromatic rings. The quantitative estimate of drug-likeness (QED) is 0.908. The van der Waals surface area contributed by atoms with Crippen LogP contribution in [0.2, 0.25) is 0 Å². The van der Waals surface area contributed by atoms with Gasteiger partial charge in [0.25, 0.3) is 0 Å². The van der Waals surface area contributed by atoms with Crippen molar-refractivity contribution >= 4 is 11.6 Å². The van der Waals surface area contributed by atoms with Crippen LogP contribution in [0.4, 0.5) is 10.1 Å². The van der Waals surface area contributed by atoms with Gasteiger partial charge in [-0.1, -0.05) is 0 Å². The third kappa shape index (κ3) is 4.18. The lowest BCUT2D eigenvalue weighted by atomic mass is 10.1. The number of rotatable bonds is 4. The highest BCUT2D eigenvalue weighted by Crippen LogP contribution is 2.26. The van der Waals surface area contributed by atoms with Gasteiger partial charge in [-0.05, 0) is 39.0 Å². The molecule has 0 fully saturated rings. The zero-order valence-electron chi connectivity index (χ0n) is 12.7. The standard InChI is InChI=1S/C16H18FN3O2/c1-16(2,3)20-11-5-6-13(12(17)8-11)22-14-7-4-10(9-19-14)15(18)21/h4-9,20H,1-3H3,(H2,18,21). The fourth-order valence-corrected chi connectivity index (χ4v) is 1.79. The molecule has 22 heavy (non-hydrogen) atoms. The van der Waals surface area contributed by atoms with Gasteiger partial charge in [-0.25, -0.2) is 9.37 Å². The Balaban J connectivity index is 2.14. The average Bonchev–Trinajstić information content (AvgIpc) is 2.40. The molecule has 2 rings (SSSR count). The second-order valence-corrected chi connectivity index (χ2v) is 5.87. The first-order valence-corrected chi connectivity index (χ1v) is 6.76. The molecular formula is C16H18FN3O2. The summed E-state index contributed by atoms with van der Waals surface area (Å²) in [5.41, 5.74) is 5.88. The zero-order chi connectivity index (χ0) is 16.3. The first kappa shape index (κ1) is 15.8. The predicted octanol–water partition coefficient (Wildman–Crippen LogP) is 3.32. The fraction of sp³-hybridized carbons (Fsp3) is 0.250. The van der Waals surface area contributed by atoms with Crippen molar-refractivity contribution in [2.75, 3.05) is 5.32 Å². The van der Waals surface area contributed by atoms with Gasteiger partial charge in [0.2, 0.25) is 11.8 Å². The summed E-state index contributed by atoms with van der Waals surface area (Å²) in [5, 5.41) is 3.17. The van der Waals surface area contributed by atoms with Gasteiger partial charge in [0.1, 0.15) is 0 Å². The number of ether oxygens (including phenoxy) is 1. The van der Waals surface area contributed by atoms with E-state index >= 15 is 0 Å². The number of hydrogen-bond acceptors (Lipinski definition) is 4. The number of amides is 1. The summed E-state index contributed by atoms with van der Waals surface area (Å²) < 4.78 is 19.4. The van der Waals surface area contributed by atoms with E-state index in [1.807, 2.05) is 20.8 Å². The second-order valence-electron chi connectivity index (χ2n) is 5.87. The van der Waals surface area contributed by atoms with E-state index in [0.717, 1.165) is 0 Å². The van der Waals surface area contributed by atoms with Crippen molar-refractivity contribution in [3.05, 3.63) is 47.9 Å². The summed E-state index contributed by atoms with van der Waals surface area (Å²) in [6.45, 7) is 5.96. The molecule has 0 radical (unpaired) electrons. The fourth-order valence-electron chi connectivity index (χ4n) is 1.79. The van der Waals surface area contributed by atoms with Crippen molar-refractivity contribution < 1.29 is 13.9 Å². The third-order valence-electron chi connectivity index (χ3n) is 2.69. The van der Waals surface area contributed by atoms with Crippen molar-refractivity contribution in [1.29, 1.82) is 0 Å². The maximum atomic E-state index is 14.1. The van der Waals surface area contributed by atoms with E-state index in [0.29, 0.717) is 5.69 Å². The Morgan fingerprint density at radius 1 is 1.27 bits per heavy atom. The topological polar surface area (TPSA) is 77.2 Å². The molecule has 0 atom stereocenters. The molecule has 1 aromatic carbocycles. The highest BCUT2D eigenvalue weighted by atomic mass is 19.1. The highest BCUT2D eigenvalue weighted by Gasteiger charge is 2.12. The molecule has 0 saturated heterocycles. The Morgan fingerprint density at radius 3 is 2.50 bits per heavy atom. The number of hydrogen-bond donors (Lipinski definition) is 2. The van der Waals surface area contributed by atoms with Gasteiger partial charge in [0.15, 0.2) is 11.6 Å². The maximum Gasteiger partial charge on any atom is 0.250 e. The Morgan fingerprint density at radius 2 is 2.00 bits per heavy atom. The SMILES string of the molecule is CC(C)(C)Nc1ccc(Oc2ccc(C(N)=O)cn2)c(F)c1. The van der Waals surface area contributed by atoms with Crippen LogP contribution < -0.4 is 15.8 Å². The van der Waals surface area contributed by atoms with Gasteiger partial charge >= 0.3 is 0 Å². The van der Waals surface area contributed by atoms with Crippen LogP contribution in [-0.2, 0) is 0 Å². The van der Waals surface area contributed by atoms with Gasteiger partial charge in [-0.2, -0.15) is 0 Å². The molecule has 0 bridgehead atoms. The Kier molecular flexibility index (Phi) is 4.30. The Bertz CT molecular complexity index is 679. The number of aromatic nitrogens is 1. The minimum absolute atomic E-state index is 0.0544. The van der Waals surface area contributed by atoms with E-state index in [2.05, 4.69) is 10.3 Å². The van der Waals surface area contributed by atoms with E-state index in [1.165, 1.54) is 30.5 Å². The molecule has 0 aliphatic carbocycles. The van der Waals surface area contributed by atoms with E-state index in [9.17, 15) is 9.18 Å². The van der Waals surface area contributed by atoms with Crippen LogP contribution in [-0.4, -0.2) is 16.4 Å². The predicted molar refractivity (Wildman–Crippen MR) is 82.6 cm³/mol. The molecule has 5 nitrogen and oxygen atoms in total. The number of nitrogens with zero attached hydrogens (tertiary/aromatic N) is 1. The largest absolute Gasteiger partial charge is 0.436 e. The molecule has 0 aliphatic heterocycles. The van der Waals surface area contributed by atoms with Crippen LogP contribution in [0.15, 0.2) is 36.5 Å². The lowest BCUT2D eigenvalue weighted by Crippen LogP contribution is -2.26. The number of anilines is 1. The van der Waals surface area contributed by atoms with Crippen molar-refractivity contribution in [3.8, 4) is 11.6 Å². The third-order valence-corrected chi connectivity index (χ3v) is 2.69. The van der Waals surface area contributed by atoms with E-state index in [-0.39, 0.29) is 22.7 Å². The zero-order valence-corrected chi connectivity index (χ0v) is 12.7. The van der Waals surface area contributed by atoms with Gasteiger partial charge in [0, 0.05) is 29.6 Å². The summed E-state index contributed by atoms with van der Waals surface area (Å²) in [7, 11) is 0. The minimum Gasteiger partial charge on any atom is -0.436 e. The average molecular weight is 303 g/mol. The number of pyridine rings is 1. The summed E-state index contributed by atoms with van der Waals surface area (Å²) in [6.07, 6.45) is 1.28. The number of nitrogens with one attached hydrogen (secondary N) is 1. The number of nitrogens with two attached hydrogens (primary N) is 1. The number of carbonyl (C=O) groups is 1. The summed E-state index contributed by atoms with van der Waals surface area (Å²) >= 11 is 0. The van der Waals surface area contributed by atoms with E-state index in [1.54, 1.807) is 6.07 Å². The molecule has 0 unspecified atom stereocenters. The molecule has 0 aliphatic rings. The summed E-state index contributed by atoms with van der Waals surface area (Å²) in [4.78, 5) is 14.9. The van der Waals surface area contributed by atoms with Gasteiger partial charge < -0.3 is 15.8 Å². The summed E-state index contributed by atoms with van der Waals surface area (Å²) in [6, 6.07) is 7.53. The van der Waals surface area contributed by atoms with Crippen LogP contribution in [0.25, 0.3) is 0 Å². The Labute approximate surface area is 128 Å². The van der Waals surface area contributed by atoms with Crippen molar-refractivity contribution in [2.45, 2.75) is 26.3 Å². The number of carbonyl (C=O) groups excluding carboxylic acids is 1. The molecule has 116 valence electrons. The molecule has 1 heterocycles. The van der Waals surface area contributed by atoms with Crippen LogP contribution in [0, 0.1) is 5.82 Å². The Hall–Kier alpha value is -2.63. The van der Waals surface area contributed by atoms with E-state index in [4.69, 9.17) is 10.5 Å². The van der Waals surface area contributed by atoms with Crippen molar-refractivity contribution in [2.24, 2.45) is 5.73 Å². The summed E-state index contributed by atoms with van der Waals surface area (Å²) in [5.74, 6) is -0.850. The molecule has 6 heteroatoms. The van der Waals surface area contributed by atoms with Gasteiger partial charge in [-0.3, -0.25) is 4.79 Å². The van der Waals surface area contributed by atoms with Crippen LogP contribution in [0.3, 0.4) is 0 Å². The minimum atomic E-state index is -0.581. The van der Waals surface area contributed by atoms with Gasteiger partial charge in [0.05, 0.1) is 5.56 Å². The van der Waals surface area contributed by atoms with Crippen molar-refractivity contribution in [1.82, 2.24) is 4.98 Å². The second kappa shape index (κ2) is 6.01. The monoisotopic (exact) mass is 303 g/mol. The van der Waals surface area contributed by atoms with Crippen molar-refractivity contribution in [3.63, 3.8) is 0 Å². The molecule has 0 spiro atoms. The molecular weight excluding hydrogens is 285 g/mol. The number of halogens is 1. The number of benzene rings is 1. The first-order chi connectivity index (χ1) is 10.2. The highest BCUT2D eigenvalue weighted by molar-refractivity contribution is 5.92. The molecule has 3 N–H and O–H groups in total. The van der Waals surface area contributed by atoms with Gasteiger partial charge in [-0.15, -0.1) is 0 Å². The van der Waals surface area contributed by atoms with Crippen LogP contribution >= 0.6 is 0 Å². The molecule has 1 amide bonds. The normalized spacial score (nSPS) is 11.1. The lowest BCUT2D eigenvalue weighted by Gasteiger charge is -2.22. The van der Waals surface area contributed by atoms with Crippen LogP contribution in [0.1, 0.15) is 31.1 Å². The molecule has 0 saturated carbocycles. The first-order valence-electron chi connectivity index (χ1n) is 6.76. The van der Waals surface area contributed by atoms with E-state index < -0.39 is 11.7 Å². The lowest BCUT2D eigenvalue weighted by molar-refractivity contribution is 0.1000.